The maximum Gasteiger partial charge on any atom is 0.227 e. The van der Waals surface area contributed by atoms with Crippen LogP contribution in [0.15, 0.2) is 35.6 Å². The van der Waals surface area contributed by atoms with E-state index in [1.807, 2.05) is 47.7 Å². The monoisotopic (exact) mass is 355 g/mol. The molecular weight excluding hydrogens is 330 g/mol. The van der Waals surface area contributed by atoms with Crippen LogP contribution in [0.1, 0.15) is 31.2 Å². The summed E-state index contributed by atoms with van der Waals surface area (Å²) in [5.74, 6) is 1.78. The Morgan fingerprint density at radius 3 is 2.69 bits per heavy atom. The third-order valence-corrected chi connectivity index (χ3v) is 4.30. The van der Waals surface area contributed by atoms with Crippen LogP contribution in [-0.4, -0.2) is 39.7 Å². The van der Waals surface area contributed by atoms with Gasteiger partial charge in [0, 0.05) is 32.2 Å². The molecule has 1 amide bonds. The predicted octanol–water partition coefficient (Wildman–Crippen LogP) is 1.20. The van der Waals surface area contributed by atoms with Crippen molar-refractivity contribution in [3.05, 3.63) is 42.0 Å². The van der Waals surface area contributed by atoms with Gasteiger partial charge in [-0.15, -0.1) is 10.2 Å². The van der Waals surface area contributed by atoms with E-state index >= 15 is 0 Å². The Kier molecular flexibility index (Phi) is 5.83. The number of aliphatic imine (C=N–C) groups is 1. The highest BCUT2D eigenvalue weighted by atomic mass is 16.2. The van der Waals surface area contributed by atoms with Crippen LogP contribution in [0.5, 0.6) is 0 Å². The van der Waals surface area contributed by atoms with Crippen LogP contribution in [0.25, 0.3) is 0 Å². The molecular formula is C18H25N7O. The Bertz CT molecular complexity index is 766. The van der Waals surface area contributed by atoms with E-state index in [-0.39, 0.29) is 5.91 Å². The molecule has 8 nitrogen and oxygen atoms in total. The van der Waals surface area contributed by atoms with Crippen molar-refractivity contribution >= 4 is 17.6 Å². The number of rotatable bonds is 6. The fourth-order valence-corrected chi connectivity index (χ4v) is 2.84. The average Bonchev–Trinajstić information content (AvgIpc) is 3.26. The number of carbonyl (C=O) groups excluding carboxylic acids is 1. The van der Waals surface area contributed by atoms with Gasteiger partial charge < -0.3 is 20.1 Å². The van der Waals surface area contributed by atoms with Crippen molar-refractivity contribution in [3.63, 3.8) is 0 Å². The van der Waals surface area contributed by atoms with Crippen LogP contribution < -0.4 is 15.5 Å². The number of anilines is 1. The number of nitrogens with zero attached hydrogens (tertiary/aromatic N) is 5. The molecule has 3 rings (SSSR count). The second-order valence-electron chi connectivity index (χ2n) is 6.22. The summed E-state index contributed by atoms with van der Waals surface area (Å²) in [6.07, 6.45) is 3.26. The molecule has 0 atom stereocenters. The number of amides is 1. The van der Waals surface area contributed by atoms with Crippen molar-refractivity contribution in [3.8, 4) is 0 Å². The minimum atomic E-state index is 0.207. The highest BCUT2D eigenvalue weighted by molar-refractivity contribution is 5.95. The third-order valence-electron chi connectivity index (χ3n) is 4.30. The molecule has 0 radical (unpaired) electrons. The number of aromatic nitrogens is 3. The quantitative estimate of drug-likeness (QED) is 0.600. The normalized spacial score (nSPS) is 14.8. The van der Waals surface area contributed by atoms with Crippen LogP contribution in [0, 0.1) is 0 Å². The van der Waals surface area contributed by atoms with Crippen LogP contribution in [-0.2, 0) is 24.9 Å². The van der Waals surface area contributed by atoms with Gasteiger partial charge in [-0.05, 0) is 31.0 Å². The molecule has 1 saturated heterocycles. The second kappa shape index (κ2) is 8.46. The Labute approximate surface area is 153 Å². The number of hydrogen-bond donors (Lipinski definition) is 2. The smallest absolute Gasteiger partial charge is 0.227 e. The van der Waals surface area contributed by atoms with Gasteiger partial charge in [-0.2, -0.15) is 0 Å². The summed E-state index contributed by atoms with van der Waals surface area (Å²) in [5.41, 5.74) is 2.06. The van der Waals surface area contributed by atoms with Crippen molar-refractivity contribution < 1.29 is 4.79 Å². The fourth-order valence-electron chi connectivity index (χ4n) is 2.84. The van der Waals surface area contributed by atoms with E-state index < -0.39 is 0 Å². The maximum atomic E-state index is 11.8. The zero-order chi connectivity index (χ0) is 18.4. The molecule has 1 aromatic heterocycles. The van der Waals surface area contributed by atoms with Gasteiger partial charge in [0.15, 0.2) is 11.8 Å². The Morgan fingerprint density at radius 2 is 2.08 bits per heavy atom. The van der Waals surface area contributed by atoms with E-state index in [0.29, 0.717) is 19.5 Å². The van der Waals surface area contributed by atoms with E-state index in [9.17, 15) is 4.79 Å². The molecule has 1 aliphatic rings. The second-order valence-corrected chi connectivity index (χ2v) is 6.22. The lowest BCUT2D eigenvalue weighted by Gasteiger charge is -2.15. The van der Waals surface area contributed by atoms with Crippen molar-refractivity contribution in [2.45, 2.75) is 32.9 Å². The van der Waals surface area contributed by atoms with Crippen molar-refractivity contribution in [1.29, 1.82) is 0 Å². The topological polar surface area (TPSA) is 87.4 Å². The van der Waals surface area contributed by atoms with Crippen molar-refractivity contribution in [1.82, 2.24) is 25.4 Å². The van der Waals surface area contributed by atoms with Gasteiger partial charge in [-0.1, -0.05) is 12.1 Å². The van der Waals surface area contributed by atoms with Crippen LogP contribution >= 0.6 is 0 Å². The molecule has 26 heavy (non-hydrogen) atoms. The molecule has 0 unspecified atom stereocenters. The predicted molar refractivity (Wildman–Crippen MR) is 101 cm³/mol. The minimum Gasteiger partial charge on any atom is -0.357 e. The zero-order valence-electron chi connectivity index (χ0n) is 15.3. The van der Waals surface area contributed by atoms with Gasteiger partial charge in [0.25, 0.3) is 0 Å². The van der Waals surface area contributed by atoms with Crippen LogP contribution in [0.2, 0.25) is 0 Å². The number of guanidine groups is 1. The molecule has 2 heterocycles. The molecule has 2 N–H and O–H groups in total. The van der Waals surface area contributed by atoms with Gasteiger partial charge >= 0.3 is 0 Å². The molecule has 2 aromatic rings. The molecule has 1 aliphatic heterocycles. The fraction of sp³-hybridized carbons (Fsp3) is 0.444. The van der Waals surface area contributed by atoms with Crippen molar-refractivity contribution in [2.24, 2.45) is 12.0 Å². The third kappa shape index (κ3) is 4.38. The van der Waals surface area contributed by atoms with Gasteiger partial charge in [-0.3, -0.25) is 4.79 Å². The van der Waals surface area contributed by atoms with Gasteiger partial charge in [0.2, 0.25) is 5.91 Å². The average molecular weight is 355 g/mol. The lowest BCUT2D eigenvalue weighted by Crippen LogP contribution is -2.37. The first-order chi connectivity index (χ1) is 12.7. The van der Waals surface area contributed by atoms with E-state index in [0.717, 1.165) is 42.5 Å². The first-order valence-electron chi connectivity index (χ1n) is 8.91. The Hall–Kier alpha value is -2.90. The molecule has 138 valence electrons. The summed E-state index contributed by atoms with van der Waals surface area (Å²) in [6, 6.07) is 8.04. The van der Waals surface area contributed by atoms with E-state index in [2.05, 4.69) is 25.8 Å². The first kappa shape index (κ1) is 17.9. The van der Waals surface area contributed by atoms with Gasteiger partial charge in [0.1, 0.15) is 6.33 Å². The standard InChI is InChI=1S/C18H25N7O/c1-3-19-18(21-12-16-23-22-13-24(16)2)20-11-14-6-8-15(9-7-14)25-10-4-5-17(25)26/h6-9,13H,3-5,10-12H2,1-2H3,(H2,19,20,21). The summed E-state index contributed by atoms with van der Waals surface area (Å²) in [5, 5.41) is 14.4. The summed E-state index contributed by atoms with van der Waals surface area (Å²) >= 11 is 0. The summed E-state index contributed by atoms with van der Waals surface area (Å²) in [7, 11) is 1.91. The first-order valence-corrected chi connectivity index (χ1v) is 8.91. The van der Waals surface area contributed by atoms with Gasteiger partial charge in [-0.25, -0.2) is 4.99 Å². The zero-order valence-corrected chi connectivity index (χ0v) is 15.3. The number of benzene rings is 1. The van der Waals surface area contributed by atoms with E-state index in [1.54, 1.807) is 6.33 Å². The molecule has 1 fully saturated rings. The summed E-state index contributed by atoms with van der Waals surface area (Å²) in [4.78, 5) is 18.3. The van der Waals surface area contributed by atoms with Crippen LogP contribution in [0.4, 0.5) is 5.69 Å². The lowest BCUT2D eigenvalue weighted by molar-refractivity contribution is -0.117. The Morgan fingerprint density at radius 1 is 1.27 bits per heavy atom. The number of carbonyl (C=O) groups is 1. The number of hydrogen-bond acceptors (Lipinski definition) is 4. The van der Waals surface area contributed by atoms with E-state index in [1.165, 1.54) is 0 Å². The van der Waals surface area contributed by atoms with E-state index in [4.69, 9.17) is 0 Å². The molecule has 8 heteroatoms. The SMILES string of the molecule is CCNC(=NCc1ccc(N2CCCC2=O)cc1)NCc1nncn1C. The molecule has 1 aromatic carbocycles. The minimum absolute atomic E-state index is 0.207. The lowest BCUT2D eigenvalue weighted by atomic mass is 10.2. The largest absolute Gasteiger partial charge is 0.357 e. The molecule has 0 aliphatic carbocycles. The highest BCUT2D eigenvalue weighted by Gasteiger charge is 2.21. The molecule has 0 bridgehead atoms. The highest BCUT2D eigenvalue weighted by Crippen LogP contribution is 2.21. The summed E-state index contributed by atoms with van der Waals surface area (Å²) < 4.78 is 1.87. The molecule has 0 spiro atoms. The number of aryl methyl sites for hydroxylation is 1. The van der Waals surface area contributed by atoms with Crippen LogP contribution in [0.3, 0.4) is 0 Å². The summed E-state index contributed by atoms with van der Waals surface area (Å²) in [6.45, 7) is 4.73. The number of nitrogens with one attached hydrogen (secondary N) is 2. The maximum absolute atomic E-state index is 11.8. The molecule has 0 saturated carbocycles. The Balaban J connectivity index is 1.60. The van der Waals surface area contributed by atoms with Gasteiger partial charge in [0.05, 0.1) is 13.1 Å². The van der Waals surface area contributed by atoms with Crippen molar-refractivity contribution in [2.75, 3.05) is 18.0 Å².